The van der Waals surface area contributed by atoms with Gasteiger partial charge in [-0.1, -0.05) is 24.3 Å². The number of methoxy groups -OCH3 is 2. The zero-order chi connectivity index (χ0) is 23.9. The minimum absolute atomic E-state index is 0.00960. The molecule has 0 radical (unpaired) electrons. The number of anilines is 1. The van der Waals surface area contributed by atoms with Crippen molar-refractivity contribution in [1.29, 1.82) is 0 Å². The van der Waals surface area contributed by atoms with Crippen LogP contribution in [-0.2, 0) is 20.8 Å². The van der Waals surface area contributed by atoms with Gasteiger partial charge in [0.15, 0.2) is 0 Å². The molecule has 4 rings (SSSR count). The van der Waals surface area contributed by atoms with Gasteiger partial charge in [0.05, 0.1) is 24.6 Å². The van der Waals surface area contributed by atoms with Crippen molar-refractivity contribution >= 4 is 17.2 Å². The van der Waals surface area contributed by atoms with Crippen molar-refractivity contribution in [2.24, 2.45) is 4.99 Å². The Morgan fingerprint density at radius 1 is 1.06 bits per heavy atom. The summed E-state index contributed by atoms with van der Waals surface area (Å²) < 4.78 is 16.1. The van der Waals surface area contributed by atoms with Crippen LogP contribution in [0.3, 0.4) is 0 Å². The summed E-state index contributed by atoms with van der Waals surface area (Å²) in [7, 11) is 2.92. The van der Waals surface area contributed by atoms with Crippen LogP contribution in [0.25, 0.3) is 5.57 Å². The van der Waals surface area contributed by atoms with Gasteiger partial charge in [-0.05, 0) is 41.5 Å². The lowest BCUT2D eigenvalue weighted by molar-refractivity contribution is -0.135. The van der Waals surface area contributed by atoms with Crippen molar-refractivity contribution in [1.82, 2.24) is 4.98 Å². The fourth-order valence-electron chi connectivity index (χ4n) is 3.94. The Kier molecular flexibility index (Phi) is 7.51. The fourth-order valence-corrected chi connectivity index (χ4v) is 3.94. The van der Waals surface area contributed by atoms with Gasteiger partial charge in [0, 0.05) is 37.0 Å². The van der Waals surface area contributed by atoms with E-state index in [1.165, 1.54) is 7.11 Å². The van der Waals surface area contributed by atoms with Crippen LogP contribution in [0.5, 0.6) is 5.75 Å². The SMILES string of the molecule is COC(=O)C1=c2cnccc2=NC(c2ccc(NCc3ccc(OCCO)cc3)cc2)C1OC. The van der Waals surface area contributed by atoms with Crippen LogP contribution >= 0.6 is 0 Å². The molecule has 2 atom stereocenters. The standard InChI is InChI=1S/C26H27N3O5/c1-32-25-23(26(31)33-2)21-16-27-12-11-22(21)29-24(25)18-5-7-19(8-6-18)28-15-17-3-9-20(10-4-17)34-14-13-30/h3-12,16,24-25,28,30H,13-15H2,1-2H3. The second-order valence-electron chi connectivity index (χ2n) is 7.72. The van der Waals surface area contributed by atoms with E-state index in [4.69, 9.17) is 24.3 Å². The predicted octanol–water partition coefficient (Wildman–Crippen LogP) is 1.78. The number of aliphatic hydroxyl groups is 1. The third kappa shape index (κ3) is 5.08. The maximum Gasteiger partial charge on any atom is 0.337 e. The number of rotatable bonds is 9. The van der Waals surface area contributed by atoms with Crippen LogP contribution in [0, 0.1) is 0 Å². The molecule has 0 spiro atoms. The summed E-state index contributed by atoms with van der Waals surface area (Å²) in [6, 6.07) is 17.0. The summed E-state index contributed by atoms with van der Waals surface area (Å²) >= 11 is 0. The summed E-state index contributed by atoms with van der Waals surface area (Å²) in [5, 5.41) is 13.6. The normalized spacial score (nSPS) is 16.9. The molecule has 0 aliphatic carbocycles. The number of hydrogen-bond acceptors (Lipinski definition) is 8. The predicted molar refractivity (Wildman–Crippen MR) is 127 cm³/mol. The number of carbonyl (C=O) groups excluding carboxylic acids is 1. The largest absolute Gasteiger partial charge is 0.491 e. The topological polar surface area (TPSA) is 102 Å². The molecule has 3 aromatic rings. The van der Waals surface area contributed by atoms with Crippen molar-refractivity contribution in [3.8, 4) is 5.75 Å². The van der Waals surface area contributed by atoms with Crippen molar-refractivity contribution < 1.29 is 24.1 Å². The number of carbonyl (C=O) groups is 1. The van der Waals surface area contributed by atoms with Crippen LogP contribution < -0.4 is 20.6 Å². The number of esters is 1. The van der Waals surface area contributed by atoms with Crippen LogP contribution in [0.4, 0.5) is 5.69 Å². The molecule has 2 unspecified atom stereocenters. The molecule has 0 amide bonds. The molecule has 34 heavy (non-hydrogen) atoms. The highest BCUT2D eigenvalue weighted by molar-refractivity contribution is 6.11. The molecule has 2 heterocycles. The van der Waals surface area contributed by atoms with E-state index in [2.05, 4.69) is 10.3 Å². The van der Waals surface area contributed by atoms with Gasteiger partial charge in [0.25, 0.3) is 0 Å². The van der Waals surface area contributed by atoms with Gasteiger partial charge in [-0.25, -0.2) is 4.79 Å². The number of nitrogens with zero attached hydrogens (tertiary/aromatic N) is 2. The average molecular weight is 462 g/mol. The third-order valence-electron chi connectivity index (χ3n) is 5.63. The van der Waals surface area contributed by atoms with E-state index in [1.807, 2.05) is 48.5 Å². The minimum Gasteiger partial charge on any atom is -0.491 e. The van der Waals surface area contributed by atoms with Gasteiger partial charge in [-0.3, -0.25) is 9.98 Å². The highest BCUT2D eigenvalue weighted by Gasteiger charge is 2.34. The lowest BCUT2D eigenvalue weighted by Gasteiger charge is -2.27. The second kappa shape index (κ2) is 10.9. The number of hydrogen-bond donors (Lipinski definition) is 2. The average Bonchev–Trinajstić information content (AvgIpc) is 2.90. The molecule has 8 nitrogen and oxygen atoms in total. The second-order valence-corrected chi connectivity index (χ2v) is 7.72. The number of pyridine rings is 1. The Labute approximate surface area is 197 Å². The van der Waals surface area contributed by atoms with Crippen LogP contribution in [-0.4, -0.2) is 49.6 Å². The van der Waals surface area contributed by atoms with E-state index in [0.717, 1.165) is 22.6 Å². The van der Waals surface area contributed by atoms with Crippen LogP contribution in [0.15, 0.2) is 72.0 Å². The molecule has 0 bridgehead atoms. The number of aromatic nitrogens is 1. The number of ether oxygens (including phenoxy) is 3. The Balaban J connectivity index is 1.51. The van der Waals surface area contributed by atoms with Gasteiger partial charge >= 0.3 is 5.97 Å². The lowest BCUT2D eigenvalue weighted by atomic mass is 9.92. The first-order valence-corrected chi connectivity index (χ1v) is 10.9. The first-order valence-electron chi connectivity index (χ1n) is 10.9. The molecule has 8 heteroatoms. The molecule has 2 aromatic carbocycles. The molecule has 0 saturated carbocycles. The molecular weight excluding hydrogens is 434 g/mol. The van der Waals surface area contributed by atoms with Gasteiger partial charge in [-0.15, -0.1) is 0 Å². The number of nitrogens with one attached hydrogen (secondary N) is 1. The number of benzene rings is 2. The molecular formula is C26H27N3O5. The maximum atomic E-state index is 12.6. The summed E-state index contributed by atoms with van der Waals surface area (Å²) in [5.74, 6) is 0.277. The molecule has 1 aromatic heterocycles. The first-order chi connectivity index (χ1) is 16.6. The van der Waals surface area contributed by atoms with Gasteiger partial charge in [0.2, 0.25) is 0 Å². The monoisotopic (exact) mass is 461 g/mol. The fraction of sp³-hybridized carbons (Fsp3) is 0.269. The number of aliphatic hydroxyl groups excluding tert-OH is 1. The van der Waals surface area contributed by atoms with Gasteiger partial charge in [0.1, 0.15) is 24.5 Å². The van der Waals surface area contributed by atoms with Crippen LogP contribution in [0.1, 0.15) is 17.2 Å². The molecule has 1 aliphatic rings. The van der Waals surface area contributed by atoms with Crippen molar-refractivity contribution in [2.45, 2.75) is 18.7 Å². The zero-order valence-corrected chi connectivity index (χ0v) is 19.1. The third-order valence-corrected chi connectivity index (χ3v) is 5.63. The molecule has 2 N–H and O–H groups in total. The smallest absolute Gasteiger partial charge is 0.337 e. The number of fused-ring (bicyclic) bond motifs is 1. The summed E-state index contributed by atoms with van der Waals surface area (Å²) in [6.45, 7) is 0.918. The van der Waals surface area contributed by atoms with Crippen molar-refractivity contribution in [2.75, 3.05) is 32.8 Å². The molecule has 1 aliphatic heterocycles. The van der Waals surface area contributed by atoms with E-state index >= 15 is 0 Å². The summed E-state index contributed by atoms with van der Waals surface area (Å²) in [6.07, 6.45) is 2.68. The lowest BCUT2D eigenvalue weighted by Crippen LogP contribution is -2.43. The van der Waals surface area contributed by atoms with E-state index in [-0.39, 0.29) is 13.2 Å². The summed E-state index contributed by atoms with van der Waals surface area (Å²) in [4.78, 5) is 21.6. The Morgan fingerprint density at radius 2 is 1.82 bits per heavy atom. The molecule has 0 fully saturated rings. The van der Waals surface area contributed by atoms with Crippen molar-refractivity contribution in [3.05, 3.63) is 88.7 Å². The van der Waals surface area contributed by atoms with E-state index in [1.54, 1.807) is 25.6 Å². The quantitative estimate of drug-likeness (QED) is 0.468. The Hall–Kier alpha value is -3.75. The minimum atomic E-state index is -0.588. The van der Waals surface area contributed by atoms with Gasteiger partial charge in [-0.2, -0.15) is 0 Å². The molecule has 0 saturated heterocycles. The highest BCUT2D eigenvalue weighted by Crippen LogP contribution is 2.30. The molecule has 176 valence electrons. The van der Waals surface area contributed by atoms with Crippen molar-refractivity contribution in [3.63, 3.8) is 0 Å². The van der Waals surface area contributed by atoms with E-state index < -0.39 is 18.1 Å². The van der Waals surface area contributed by atoms with Gasteiger partial charge < -0.3 is 24.6 Å². The maximum absolute atomic E-state index is 12.6. The van der Waals surface area contributed by atoms with E-state index in [9.17, 15) is 4.79 Å². The van der Waals surface area contributed by atoms with Crippen LogP contribution in [0.2, 0.25) is 0 Å². The Morgan fingerprint density at radius 3 is 2.50 bits per heavy atom. The van der Waals surface area contributed by atoms with E-state index in [0.29, 0.717) is 22.7 Å². The summed E-state index contributed by atoms with van der Waals surface area (Å²) in [5.41, 5.74) is 3.40. The first kappa shape index (κ1) is 23.4. The Bertz CT molecular complexity index is 1240. The zero-order valence-electron chi connectivity index (χ0n) is 19.1. The highest BCUT2D eigenvalue weighted by atomic mass is 16.5.